The minimum atomic E-state index is -0.0889. The van der Waals surface area contributed by atoms with Crippen LogP contribution in [0.3, 0.4) is 0 Å². The first kappa shape index (κ1) is 17.3. The van der Waals surface area contributed by atoms with Gasteiger partial charge in [-0.2, -0.15) is 0 Å². The quantitative estimate of drug-likeness (QED) is 0.772. The first-order valence-corrected chi connectivity index (χ1v) is 6.83. The molecule has 5 heteroatoms. The van der Waals surface area contributed by atoms with Crippen molar-refractivity contribution in [1.29, 1.82) is 0 Å². The second-order valence-corrected chi connectivity index (χ2v) is 4.57. The lowest BCUT2D eigenvalue weighted by Gasteiger charge is -2.09. The maximum atomic E-state index is 11.7. The third-order valence-electron chi connectivity index (χ3n) is 3.03. The number of hydrogen-bond acceptors (Lipinski definition) is 3. The van der Waals surface area contributed by atoms with E-state index in [1.807, 2.05) is 49.5 Å². The van der Waals surface area contributed by atoms with E-state index in [1.54, 1.807) is 0 Å². The number of amides is 1. The van der Waals surface area contributed by atoms with Gasteiger partial charge in [0.25, 0.3) is 5.91 Å². The van der Waals surface area contributed by atoms with Crippen molar-refractivity contribution in [2.75, 3.05) is 26.7 Å². The number of benzene rings is 2. The minimum absolute atomic E-state index is 0. The van der Waals surface area contributed by atoms with Crippen molar-refractivity contribution in [3.8, 4) is 5.75 Å². The second-order valence-electron chi connectivity index (χ2n) is 4.57. The molecule has 0 spiro atoms. The molecule has 0 fully saturated rings. The van der Waals surface area contributed by atoms with E-state index in [-0.39, 0.29) is 24.9 Å². The van der Waals surface area contributed by atoms with Gasteiger partial charge in [0.05, 0.1) is 0 Å². The minimum Gasteiger partial charge on any atom is -0.483 e. The highest BCUT2D eigenvalue weighted by atomic mass is 35.5. The smallest absolute Gasteiger partial charge is 0.257 e. The van der Waals surface area contributed by atoms with Crippen molar-refractivity contribution >= 4 is 29.1 Å². The van der Waals surface area contributed by atoms with Gasteiger partial charge in [-0.3, -0.25) is 4.79 Å². The van der Waals surface area contributed by atoms with Crippen LogP contribution < -0.4 is 15.4 Å². The summed E-state index contributed by atoms with van der Waals surface area (Å²) in [6.07, 6.45) is 0.913. The van der Waals surface area contributed by atoms with Crippen molar-refractivity contribution < 1.29 is 9.53 Å². The van der Waals surface area contributed by atoms with Crippen LogP contribution in [0.5, 0.6) is 5.75 Å². The van der Waals surface area contributed by atoms with Gasteiger partial charge >= 0.3 is 0 Å². The van der Waals surface area contributed by atoms with E-state index in [4.69, 9.17) is 4.74 Å². The van der Waals surface area contributed by atoms with Crippen molar-refractivity contribution in [1.82, 2.24) is 10.6 Å². The highest BCUT2D eigenvalue weighted by molar-refractivity contribution is 5.88. The highest BCUT2D eigenvalue weighted by Gasteiger charge is 2.04. The molecule has 0 saturated heterocycles. The Bertz CT molecular complexity index is 570. The summed E-state index contributed by atoms with van der Waals surface area (Å²) in [4.78, 5) is 11.7. The van der Waals surface area contributed by atoms with Gasteiger partial charge in [-0.25, -0.2) is 0 Å². The molecule has 0 aliphatic rings. The molecule has 0 saturated carbocycles. The third kappa shape index (κ3) is 5.25. The van der Waals surface area contributed by atoms with Gasteiger partial charge in [0.1, 0.15) is 5.75 Å². The van der Waals surface area contributed by atoms with Gasteiger partial charge in [-0.15, -0.1) is 12.4 Å². The van der Waals surface area contributed by atoms with Crippen LogP contribution in [0.15, 0.2) is 42.5 Å². The fraction of sp³-hybridized carbons (Fsp3) is 0.312. The Morgan fingerprint density at radius 3 is 2.67 bits per heavy atom. The van der Waals surface area contributed by atoms with E-state index in [9.17, 15) is 4.79 Å². The summed E-state index contributed by atoms with van der Waals surface area (Å²) in [6, 6.07) is 13.8. The summed E-state index contributed by atoms with van der Waals surface area (Å²) >= 11 is 0. The van der Waals surface area contributed by atoms with Crippen LogP contribution in [0, 0.1) is 0 Å². The topological polar surface area (TPSA) is 50.4 Å². The number of hydrogen-bond donors (Lipinski definition) is 2. The summed E-state index contributed by atoms with van der Waals surface area (Å²) in [5, 5.41) is 8.01. The lowest BCUT2D eigenvalue weighted by Crippen LogP contribution is -2.30. The first-order valence-electron chi connectivity index (χ1n) is 6.83. The van der Waals surface area contributed by atoms with Crippen LogP contribution in [0.25, 0.3) is 10.8 Å². The lowest BCUT2D eigenvalue weighted by atomic mass is 10.1. The largest absolute Gasteiger partial charge is 0.483 e. The Morgan fingerprint density at radius 2 is 1.86 bits per heavy atom. The molecule has 0 unspecified atom stereocenters. The predicted molar refractivity (Wildman–Crippen MR) is 88.2 cm³/mol. The molecule has 0 heterocycles. The van der Waals surface area contributed by atoms with Crippen LogP contribution in [-0.4, -0.2) is 32.7 Å². The molecule has 0 radical (unpaired) electrons. The lowest BCUT2D eigenvalue weighted by molar-refractivity contribution is -0.123. The van der Waals surface area contributed by atoms with E-state index in [2.05, 4.69) is 10.6 Å². The van der Waals surface area contributed by atoms with Gasteiger partial charge in [0, 0.05) is 11.9 Å². The van der Waals surface area contributed by atoms with E-state index < -0.39 is 0 Å². The Hall–Kier alpha value is -1.78. The summed E-state index contributed by atoms with van der Waals surface area (Å²) in [7, 11) is 1.89. The average Bonchev–Trinajstić information content (AvgIpc) is 2.49. The zero-order valence-electron chi connectivity index (χ0n) is 12.1. The van der Waals surface area contributed by atoms with Crippen LogP contribution in [0.4, 0.5) is 0 Å². The SMILES string of the molecule is CNCCCNC(=O)COc1cccc2ccccc12.Cl. The van der Waals surface area contributed by atoms with Gasteiger partial charge in [0.2, 0.25) is 0 Å². The van der Waals surface area contributed by atoms with Crippen LogP contribution in [-0.2, 0) is 4.79 Å². The van der Waals surface area contributed by atoms with E-state index in [0.29, 0.717) is 6.54 Å². The Morgan fingerprint density at radius 1 is 1.10 bits per heavy atom. The Kier molecular flexibility index (Phi) is 7.58. The summed E-state index contributed by atoms with van der Waals surface area (Å²) in [6.45, 7) is 1.61. The average molecular weight is 309 g/mol. The molecule has 1 amide bonds. The number of carbonyl (C=O) groups excluding carboxylic acids is 1. The van der Waals surface area contributed by atoms with Crippen LogP contribution in [0.1, 0.15) is 6.42 Å². The molecule has 0 aliphatic heterocycles. The van der Waals surface area contributed by atoms with Gasteiger partial charge in [0.15, 0.2) is 6.61 Å². The summed E-state index contributed by atoms with van der Waals surface area (Å²) in [5.41, 5.74) is 0. The molecule has 2 N–H and O–H groups in total. The maximum Gasteiger partial charge on any atom is 0.257 e. The number of carbonyl (C=O) groups is 1. The van der Waals surface area contributed by atoms with Crippen molar-refractivity contribution in [2.24, 2.45) is 0 Å². The molecule has 0 bridgehead atoms. The van der Waals surface area contributed by atoms with Gasteiger partial charge < -0.3 is 15.4 Å². The molecular weight excluding hydrogens is 288 g/mol. The number of nitrogens with one attached hydrogen (secondary N) is 2. The van der Waals surface area contributed by atoms with Crippen LogP contribution >= 0.6 is 12.4 Å². The Balaban J connectivity index is 0.00000220. The summed E-state index contributed by atoms with van der Waals surface area (Å²) < 4.78 is 5.61. The third-order valence-corrected chi connectivity index (χ3v) is 3.03. The molecule has 2 aromatic rings. The van der Waals surface area contributed by atoms with Crippen molar-refractivity contribution in [3.63, 3.8) is 0 Å². The normalized spacial score (nSPS) is 9.95. The van der Waals surface area contributed by atoms with Crippen molar-refractivity contribution in [3.05, 3.63) is 42.5 Å². The Labute approximate surface area is 131 Å². The number of halogens is 1. The van der Waals surface area contributed by atoms with E-state index in [0.717, 1.165) is 29.5 Å². The molecule has 21 heavy (non-hydrogen) atoms. The van der Waals surface area contributed by atoms with E-state index >= 15 is 0 Å². The predicted octanol–water partition coefficient (Wildman–Crippen LogP) is 2.37. The van der Waals surface area contributed by atoms with Crippen LogP contribution in [0.2, 0.25) is 0 Å². The molecule has 0 aliphatic carbocycles. The molecule has 4 nitrogen and oxygen atoms in total. The number of ether oxygens (including phenoxy) is 1. The fourth-order valence-corrected chi connectivity index (χ4v) is 2.01. The van der Waals surface area contributed by atoms with Gasteiger partial charge in [-0.1, -0.05) is 36.4 Å². The van der Waals surface area contributed by atoms with E-state index in [1.165, 1.54) is 0 Å². The molecule has 2 aromatic carbocycles. The molecular formula is C16H21ClN2O2. The zero-order valence-corrected chi connectivity index (χ0v) is 12.9. The van der Waals surface area contributed by atoms with Crippen molar-refractivity contribution in [2.45, 2.75) is 6.42 Å². The number of fused-ring (bicyclic) bond motifs is 1. The summed E-state index contributed by atoms with van der Waals surface area (Å²) in [5.74, 6) is 0.655. The molecule has 0 aromatic heterocycles. The highest BCUT2D eigenvalue weighted by Crippen LogP contribution is 2.24. The standard InChI is InChI=1S/C16H20N2O2.ClH/c1-17-10-5-11-18-16(19)12-20-15-9-4-7-13-6-2-3-8-14(13)15;/h2-4,6-9,17H,5,10-12H2,1H3,(H,18,19);1H. The fourth-order valence-electron chi connectivity index (χ4n) is 2.01. The maximum absolute atomic E-state index is 11.7. The molecule has 0 atom stereocenters. The first-order chi connectivity index (χ1) is 9.81. The molecule has 2 rings (SSSR count). The molecule has 114 valence electrons. The van der Waals surface area contributed by atoms with Gasteiger partial charge in [-0.05, 0) is 31.5 Å². The zero-order chi connectivity index (χ0) is 14.2. The monoisotopic (exact) mass is 308 g/mol. The number of rotatable bonds is 7. The second kappa shape index (κ2) is 9.21.